The Morgan fingerprint density at radius 2 is 2.19 bits per heavy atom. The lowest BCUT2D eigenvalue weighted by Crippen LogP contribution is -2.12. The third kappa shape index (κ3) is 4.81. The first-order chi connectivity index (χ1) is 7.59. The van der Waals surface area contributed by atoms with E-state index in [1.807, 2.05) is 0 Å². The number of anilines is 1. The molecule has 4 heteroatoms. The number of nitrogens with one attached hydrogen (secondary N) is 1. The fourth-order valence-corrected chi connectivity index (χ4v) is 1.37. The highest BCUT2D eigenvalue weighted by molar-refractivity contribution is 6.30. The van der Waals surface area contributed by atoms with Gasteiger partial charge in [-0.15, -0.1) is 0 Å². The molecule has 1 rings (SSSR count). The molecule has 0 aliphatic rings. The van der Waals surface area contributed by atoms with Crippen LogP contribution >= 0.6 is 11.6 Å². The largest absolute Gasteiger partial charge is 0.380 e. The molecule has 0 spiro atoms. The molecule has 0 bridgehead atoms. The molecule has 0 aliphatic heterocycles. The molecule has 0 radical (unpaired) electrons. The van der Waals surface area contributed by atoms with Crippen molar-refractivity contribution in [2.24, 2.45) is 5.92 Å². The maximum Gasteiger partial charge on any atom is 0.147 e. The maximum absolute atomic E-state index is 13.3. The molecule has 0 heterocycles. The Morgan fingerprint density at radius 3 is 2.81 bits per heavy atom. The Kier molecular flexibility index (Phi) is 5.56. The first-order valence-corrected chi connectivity index (χ1v) is 5.74. The van der Waals surface area contributed by atoms with Gasteiger partial charge in [-0.1, -0.05) is 25.4 Å². The molecule has 0 saturated carbocycles. The van der Waals surface area contributed by atoms with Crippen LogP contribution in [0.15, 0.2) is 18.2 Å². The molecule has 0 unspecified atom stereocenters. The van der Waals surface area contributed by atoms with E-state index in [9.17, 15) is 4.39 Å². The minimum Gasteiger partial charge on any atom is -0.380 e. The standard InChI is InChI=1S/C12H17ClFNO/c1-9(2)8-16-6-5-15-12-4-3-10(13)7-11(12)14/h3-4,7,9,15H,5-6,8H2,1-2H3. The van der Waals surface area contributed by atoms with Crippen molar-refractivity contribution in [3.8, 4) is 0 Å². The molecule has 0 amide bonds. The lowest BCUT2D eigenvalue weighted by molar-refractivity contribution is 0.118. The Labute approximate surface area is 101 Å². The van der Waals surface area contributed by atoms with Crippen molar-refractivity contribution < 1.29 is 9.13 Å². The highest BCUT2D eigenvalue weighted by Gasteiger charge is 2.01. The topological polar surface area (TPSA) is 21.3 Å². The van der Waals surface area contributed by atoms with Crippen molar-refractivity contribution in [3.05, 3.63) is 29.0 Å². The Balaban J connectivity index is 2.27. The van der Waals surface area contributed by atoms with Gasteiger partial charge in [-0.25, -0.2) is 4.39 Å². The quantitative estimate of drug-likeness (QED) is 0.774. The smallest absolute Gasteiger partial charge is 0.147 e. The van der Waals surface area contributed by atoms with E-state index < -0.39 is 0 Å². The van der Waals surface area contributed by atoms with Crippen LogP contribution in [-0.4, -0.2) is 19.8 Å². The van der Waals surface area contributed by atoms with Gasteiger partial charge in [0.05, 0.1) is 12.3 Å². The molecule has 0 aliphatic carbocycles. The second-order valence-corrected chi connectivity index (χ2v) is 4.46. The minimum absolute atomic E-state index is 0.337. The lowest BCUT2D eigenvalue weighted by atomic mass is 10.2. The summed E-state index contributed by atoms with van der Waals surface area (Å²) in [6.07, 6.45) is 0. The summed E-state index contributed by atoms with van der Waals surface area (Å²) in [5, 5.41) is 3.36. The molecule has 16 heavy (non-hydrogen) atoms. The van der Waals surface area contributed by atoms with Gasteiger partial charge in [0.2, 0.25) is 0 Å². The van der Waals surface area contributed by atoms with Crippen molar-refractivity contribution in [2.45, 2.75) is 13.8 Å². The number of rotatable bonds is 6. The van der Waals surface area contributed by atoms with E-state index in [2.05, 4.69) is 19.2 Å². The first kappa shape index (κ1) is 13.3. The highest BCUT2D eigenvalue weighted by atomic mass is 35.5. The summed E-state index contributed by atoms with van der Waals surface area (Å²) < 4.78 is 18.7. The average Bonchev–Trinajstić information content (AvgIpc) is 2.20. The number of halogens is 2. The van der Waals surface area contributed by atoms with Crippen molar-refractivity contribution in [3.63, 3.8) is 0 Å². The van der Waals surface area contributed by atoms with E-state index in [1.54, 1.807) is 12.1 Å². The highest BCUT2D eigenvalue weighted by Crippen LogP contribution is 2.18. The van der Waals surface area contributed by atoms with Gasteiger partial charge in [-0.2, -0.15) is 0 Å². The number of benzene rings is 1. The van der Waals surface area contributed by atoms with Crippen LogP contribution in [0.4, 0.5) is 10.1 Å². The molecular weight excluding hydrogens is 229 g/mol. The second kappa shape index (κ2) is 6.71. The minimum atomic E-state index is -0.337. The van der Waals surface area contributed by atoms with Gasteiger partial charge in [0.1, 0.15) is 5.82 Å². The van der Waals surface area contributed by atoms with Crippen LogP contribution in [0, 0.1) is 11.7 Å². The van der Waals surface area contributed by atoms with Gasteiger partial charge < -0.3 is 10.1 Å². The van der Waals surface area contributed by atoms with E-state index >= 15 is 0 Å². The third-order valence-corrected chi connectivity index (χ3v) is 2.18. The molecule has 90 valence electrons. The summed E-state index contributed by atoms with van der Waals surface area (Å²) in [6.45, 7) is 6.06. The van der Waals surface area contributed by atoms with Crippen LogP contribution in [-0.2, 0) is 4.74 Å². The maximum atomic E-state index is 13.3. The van der Waals surface area contributed by atoms with Crippen LogP contribution in [0.2, 0.25) is 5.02 Å². The van der Waals surface area contributed by atoms with Crippen molar-refractivity contribution in [2.75, 3.05) is 25.1 Å². The van der Waals surface area contributed by atoms with Crippen molar-refractivity contribution >= 4 is 17.3 Å². The summed E-state index contributed by atoms with van der Waals surface area (Å²) in [7, 11) is 0. The fraction of sp³-hybridized carbons (Fsp3) is 0.500. The van der Waals surface area contributed by atoms with Gasteiger partial charge in [0.25, 0.3) is 0 Å². The summed E-state index contributed by atoms with van der Waals surface area (Å²) >= 11 is 5.64. The monoisotopic (exact) mass is 245 g/mol. The van der Waals surface area contributed by atoms with Gasteiger partial charge in [0, 0.05) is 18.2 Å². The molecule has 0 saturated heterocycles. The predicted octanol–water partition coefficient (Wildman–Crippen LogP) is 3.56. The van der Waals surface area contributed by atoms with E-state index in [0.29, 0.717) is 29.8 Å². The Hall–Kier alpha value is -0.800. The van der Waals surface area contributed by atoms with Crippen LogP contribution in [0.3, 0.4) is 0 Å². The molecule has 1 N–H and O–H groups in total. The SMILES string of the molecule is CC(C)COCCNc1ccc(Cl)cc1F. The fourth-order valence-electron chi connectivity index (χ4n) is 1.21. The van der Waals surface area contributed by atoms with E-state index in [-0.39, 0.29) is 5.82 Å². The Bertz CT molecular complexity index is 331. The number of hydrogen-bond acceptors (Lipinski definition) is 2. The van der Waals surface area contributed by atoms with Crippen LogP contribution in [0.1, 0.15) is 13.8 Å². The van der Waals surface area contributed by atoms with Gasteiger partial charge in [0.15, 0.2) is 0 Å². The van der Waals surface area contributed by atoms with E-state index in [4.69, 9.17) is 16.3 Å². The molecule has 1 aromatic carbocycles. The number of ether oxygens (including phenoxy) is 1. The van der Waals surface area contributed by atoms with Crippen molar-refractivity contribution in [1.29, 1.82) is 0 Å². The van der Waals surface area contributed by atoms with Crippen LogP contribution in [0.5, 0.6) is 0 Å². The average molecular weight is 246 g/mol. The van der Waals surface area contributed by atoms with Gasteiger partial charge in [-0.05, 0) is 24.1 Å². The summed E-state index contributed by atoms with van der Waals surface area (Å²) in [6, 6.07) is 4.57. The first-order valence-electron chi connectivity index (χ1n) is 5.36. The van der Waals surface area contributed by atoms with Gasteiger partial charge in [-0.3, -0.25) is 0 Å². The summed E-state index contributed by atoms with van der Waals surface area (Å²) in [4.78, 5) is 0. The predicted molar refractivity (Wildman–Crippen MR) is 65.6 cm³/mol. The normalized spacial score (nSPS) is 10.8. The molecular formula is C12H17ClFNO. The van der Waals surface area contributed by atoms with Gasteiger partial charge >= 0.3 is 0 Å². The number of hydrogen-bond donors (Lipinski definition) is 1. The zero-order chi connectivity index (χ0) is 12.0. The second-order valence-electron chi connectivity index (χ2n) is 4.02. The summed E-state index contributed by atoms with van der Waals surface area (Å²) in [5.74, 6) is 0.184. The van der Waals surface area contributed by atoms with Crippen molar-refractivity contribution in [1.82, 2.24) is 0 Å². The zero-order valence-corrected chi connectivity index (χ0v) is 10.4. The molecule has 0 atom stereocenters. The lowest BCUT2D eigenvalue weighted by Gasteiger charge is -2.09. The zero-order valence-electron chi connectivity index (χ0n) is 9.59. The molecule has 0 aromatic heterocycles. The van der Waals surface area contributed by atoms with E-state index in [0.717, 1.165) is 6.61 Å². The molecule has 1 aromatic rings. The van der Waals surface area contributed by atoms with E-state index in [1.165, 1.54) is 6.07 Å². The molecule has 0 fully saturated rings. The Morgan fingerprint density at radius 1 is 1.44 bits per heavy atom. The van der Waals surface area contributed by atoms with Crippen LogP contribution < -0.4 is 5.32 Å². The van der Waals surface area contributed by atoms with Crippen LogP contribution in [0.25, 0.3) is 0 Å². The molecule has 2 nitrogen and oxygen atoms in total. The summed E-state index contributed by atoms with van der Waals surface area (Å²) in [5.41, 5.74) is 0.456. The third-order valence-electron chi connectivity index (χ3n) is 1.94.